The van der Waals surface area contributed by atoms with Gasteiger partial charge in [0, 0.05) is 6.07 Å². The molecular formula is C7H8O3S. The molecule has 1 N–H and O–H groups in total. The van der Waals surface area contributed by atoms with Crippen molar-refractivity contribution in [2.75, 3.05) is 6.26 Å². The van der Waals surface area contributed by atoms with Crippen LogP contribution in [0.4, 0.5) is 0 Å². The van der Waals surface area contributed by atoms with Crippen LogP contribution >= 0.6 is 11.8 Å². The van der Waals surface area contributed by atoms with Gasteiger partial charge in [0.15, 0.2) is 0 Å². The molecule has 0 radical (unpaired) electrons. The fourth-order valence-corrected chi connectivity index (χ4v) is 1.25. The van der Waals surface area contributed by atoms with E-state index in [1.807, 2.05) is 0 Å². The molecule has 0 aliphatic carbocycles. The van der Waals surface area contributed by atoms with Gasteiger partial charge < -0.3 is 9.52 Å². The minimum atomic E-state index is -0.477. The molecule has 11 heavy (non-hydrogen) atoms. The minimum absolute atomic E-state index is 0.00810. The van der Waals surface area contributed by atoms with Gasteiger partial charge in [0.2, 0.25) is 0 Å². The number of thioether (sulfide) groups is 1. The zero-order chi connectivity index (χ0) is 8.43. The number of rotatable bonds is 1. The molecule has 0 saturated heterocycles. The summed E-state index contributed by atoms with van der Waals surface area (Å²) in [5, 5.41) is 9.19. The van der Waals surface area contributed by atoms with E-state index < -0.39 is 5.63 Å². The Morgan fingerprint density at radius 3 is 2.73 bits per heavy atom. The number of hydrogen-bond donors (Lipinski definition) is 1. The highest BCUT2D eigenvalue weighted by atomic mass is 32.2. The monoisotopic (exact) mass is 172 g/mol. The molecule has 0 aliphatic heterocycles. The lowest BCUT2D eigenvalue weighted by molar-refractivity contribution is 0.412. The highest BCUT2D eigenvalue weighted by molar-refractivity contribution is 7.98. The van der Waals surface area contributed by atoms with Gasteiger partial charge in [0.05, 0.1) is 0 Å². The van der Waals surface area contributed by atoms with Gasteiger partial charge in [-0.3, -0.25) is 0 Å². The standard InChI is InChI=1S/C7H8O3S/c1-4-3-5(8)6(11-2)7(9)10-4/h3,8H,1-2H3. The molecular weight excluding hydrogens is 164 g/mol. The van der Waals surface area contributed by atoms with Crippen LogP contribution in [0.2, 0.25) is 0 Å². The van der Waals surface area contributed by atoms with Crippen molar-refractivity contribution in [2.24, 2.45) is 0 Å². The summed E-state index contributed by atoms with van der Waals surface area (Å²) in [6.07, 6.45) is 1.71. The first-order chi connectivity index (χ1) is 5.15. The Kier molecular flexibility index (Phi) is 2.24. The Morgan fingerprint density at radius 2 is 2.27 bits per heavy atom. The predicted octanol–water partition coefficient (Wildman–Crippen LogP) is 1.38. The molecule has 1 aromatic rings. The fraction of sp³-hybridized carbons (Fsp3) is 0.286. The third-order valence-electron chi connectivity index (χ3n) is 1.22. The molecule has 1 heterocycles. The van der Waals surface area contributed by atoms with Crippen molar-refractivity contribution in [1.82, 2.24) is 0 Å². The highest BCUT2D eigenvalue weighted by Gasteiger charge is 2.06. The third-order valence-corrected chi connectivity index (χ3v) is 2.00. The van der Waals surface area contributed by atoms with Gasteiger partial charge in [-0.05, 0) is 13.2 Å². The largest absolute Gasteiger partial charge is 0.506 e. The first-order valence-corrected chi connectivity index (χ1v) is 4.25. The highest BCUT2D eigenvalue weighted by Crippen LogP contribution is 2.22. The predicted molar refractivity (Wildman–Crippen MR) is 43.2 cm³/mol. The van der Waals surface area contributed by atoms with Crippen molar-refractivity contribution in [3.05, 3.63) is 22.2 Å². The van der Waals surface area contributed by atoms with E-state index in [0.29, 0.717) is 5.76 Å². The Bertz CT molecular complexity index is 316. The van der Waals surface area contributed by atoms with E-state index in [1.165, 1.54) is 17.8 Å². The fourth-order valence-electron chi connectivity index (χ4n) is 0.773. The Hall–Kier alpha value is -0.900. The molecule has 0 fully saturated rings. The maximum atomic E-state index is 10.9. The van der Waals surface area contributed by atoms with Crippen molar-refractivity contribution >= 4 is 11.8 Å². The Balaban J connectivity index is 3.37. The molecule has 0 saturated carbocycles. The lowest BCUT2D eigenvalue weighted by atomic mass is 10.4. The molecule has 3 nitrogen and oxygen atoms in total. The van der Waals surface area contributed by atoms with E-state index in [2.05, 4.69) is 0 Å². The number of hydrogen-bond acceptors (Lipinski definition) is 4. The van der Waals surface area contributed by atoms with Crippen LogP contribution < -0.4 is 5.63 Å². The SMILES string of the molecule is CSc1c(O)cc(C)oc1=O. The molecule has 4 heteroatoms. The van der Waals surface area contributed by atoms with Crippen molar-refractivity contribution in [3.8, 4) is 5.75 Å². The van der Waals surface area contributed by atoms with Gasteiger partial charge in [0.1, 0.15) is 16.4 Å². The van der Waals surface area contributed by atoms with E-state index in [9.17, 15) is 9.90 Å². The Morgan fingerprint density at radius 1 is 1.64 bits per heavy atom. The third kappa shape index (κ3) is 1.57. The summed E-state index contributed by atoms with van der Waals surface area (Å²) in [5.41, 5.74) is -0.477. The lowest BCUT2D eigenvalue weighted by Gasteiger charge is -1.98. The molecule has 0 spiro atoms. The van der Waals surface area contributed by atoms with Crippen LogP contribution in [-0.2, 0) is 0 Å². The second-order valence-electron chi connectivity index (χ2n) is 2.06. The second-order valence-corrected chi connectivity index (χ2v) is 2.88. The molecule has 0 unspecified atom stereocenters. The van der Waals surface area contributed by atoms with Gasteiger partial charge in [-0.2, -0.15) is 0 Å². The normalized spacial score (nSPS) is 10.0. The van der Waals surface area contributed by atoms with Crippen LogP contribution in [-0.4, -0.2) is 11.4 Å². The number of aryl methyl sites for hydroxylation is 1. The second kappa shape index (κ2) is 3.00. The molecule has 0 aliphatic rings. The summed E-state index contributed by atoms with van der Waals surface area (Å²) in [5.74, 6) is 0.413. The van der Waals surface area contributed by atoms with Gasteiger partial charge >= 0.3 is 5.63 Å². The summed E-state index contributed by atoms with van der Waals surface area (Å²) in [4.78, 5) is 11.2. The Labute approximate surface area is 68.0 Å². The van der Waals surface area contributed by atoms with E-state index in [4.69, 9.17) is 4.42 Å². The average Bonchev–Trinajstić information content (AvgIpc) is 1.85. The average molecular weight is 172 g/mol. The lowest BCUT2D eigenvalue weighted by Crippen LogP contribution is -2.01. The van der Waals surface area contributed by atoms with Crippen LogP contribution in [0.25, 0.3) is 0 Å². The summed E-state index contributed by atoms with van der Waals surface area (Å²) in [7, 11) is 0. The topological polar surface area (TPSA) is 50.4 Å². The van der Waals surface area contributed by atoms with E-state index in [0.717, 1.165) is 0 Å². The van der Waals surface area contributed by atoms with Crippen molar-refractivity contribution < 1.29 is 9.52 Å². The summed E-state index contributed by atoms with van der Waals surface area (Å²) in [6, 6.07) is 1.42. The van der Waals surface area contributed by atoms with Gasteiger partial charge in [-0.25, -0.2) is 4.79 Å². The van der Waals surface area contributed by atoms with E-state index in [1.54, 1.807) is 13.2 Å². The van der Waals surface area contributed by atoms with E-state index in [-0.39, 0.29) is 10.6 Å². The summed E-state index contributed by atoms with van der Waals surface area (Å²) < 4.78 is 4.74. The van der Waals surface area contributed by atoms with E-state index >= 15 is 0 Å². The van der Waals surface area contributed by atoms with Crippen LogP contribution in [0.1, 0.15) is 5.76 Å². The number of aromatic hydroxyl groups is 1. The van der Waals surface area contributed by atoms with Crippen LogP contribution in [0.5, 0.6) is 5.75 Å². The van der Waals surface area contributed by atoms with Gasteiger partial charge in [0.25, 0.3) is 0 Å². The maximum absolute atomic E-state index is 10.9. The molecule has 0 aromatic carbocycles. The summed E-state index contributed by atoms with van der Waals surface area (Å²) >= 11 is 1.17. The quantitative estimate of drug-likeness (QED) is 0.650. The van der Waals surface area contributed by atoms with Crippen LogP contribution in [0, 0.1) is 6.92 Å². The van der Waals surface area contributed by atoms with Crippen molar-refractivity contribution in [2.45, 2.75) is 11.8 Å². The molecule has 0 atom stereocenters. The van der Waals surface area contributed by atoms with Gasteiger partial charge in [-0.1, -0.05) is 0 Å². The minimum Gasteiger partial charge on any atom is -0.506 e. The van der Waals surface area contributed by atoms with Crippen molar-refractivity contribution in [1.29, 1.82) is 0 Å². The molecule has 0 amide bonds. The van der Waals surface area contributed by atoms with Gasteiger partial charge in [-0.15, -0.1) is 11.8 Å². The zero-order valence-corrected chi connectivity index (χ0v) is 7.07. The first-order valence-electron chi connectivity index (χ1n) is 3.03. The maximum Gasteiger partial charge on any atom is 0.353 e. The smallest absolute Gasteiger partial charge is 0.353 e. The first kappa shape index (κ1) is 8.20. The molecule has 0 bridgehead atoms. The van der Waals surface area contributed by atoms with Crippen LogP contribution in [0.15, 0.2) is 20.2 Å². The van der Waals surface area contributed by atoms with Crippen molar-refractivity contribution in [3.63, 3.8) is 0 Å². The molecule has 1 aromatic heterocycles. The summed E-state index contributed by atoms with van der Waals surface area (Å²) in [6.45, 7) is 1.62. The molecule has 60 valence electrons. The van der Waals surface area contributed by atoms with Crippen LogP contribution in [0.3, 0.4) is 0 Å². The zero-order valence-electron chi connectivity index (χ0n) is 6.25. The molecule has 1 rings (SSSR count).